The summed E-state index contributed by atoms with van der Waals surface area (Å²) in [6.45, 7) is 3.73. The molecule has 1 aliphatic heterocycles. The Kier molecular flexibility index (Phi) is 9.28. The fourth-order valence-electron chi connectivity index (χ4n) is 3.45. The maximum absolute atomic E-state index is 12.7. The Morgan fingerprint density at radius 1 is 1.19 bits per heavy atom. The van der Waals surface area contributed by atoms with Crippen LogP contribution in [0.3, 0.4) is 0 Å². The highest BCUT2D eigenvalue weighted by Crippen LogP contribution is 2.17. The fourth-order valence-corrected chi connectivity index (χ4v) is 3.45. The second-order valence-corrected chi connectivity index (χ2v) is 7.20. The van der Waals surface area contributed by atoms with Crippen LogP contribution in [0.1, 0.15) is 31.2 Å². The molecule has 0 radical (unpaired) electrons. The van der Waals surface area contributed by atoms with Crippen LogP contribution in [0.25, 0.3) is 0 Å². The Bertz CT molecular complexity index is 571. The maximum Gasteiger partial charge on any atom is 0.223 e. The number of hydrogen-bond acceptors (Lipinski definition) is 4. The van der Waals surface area contributed by atoms with Crippen LogP contribution in [-0.2, 0) is 20.7 Å². The summed E-state index contributed by atoms with van der Waals surface area (Å²) < 4.78 is 5.17. The van der Waals surface area contributed by atoms with Gasteiger partial charge in [0.1, 0.15) is 0 Å². The van der Waals surface area contributed by atoms with Crippen molar-refractivity contribution in [3.63, 3.8) is 0 Å². The molecular formula is C21H33N3O3. The summed E-state index contributed by atoms with van der Waals surface area (Å²) in [5, 5.41) is 2.91. The van der Waals surface area contributed by atoms with Crippen LogP contribution >= 0.6 is 0 Å². The molecule has 0 aromatic heterocycles. The molecule has 150 valence electrons. The zero-order chi connectivity index (χ0) is 19.5. The zero-order valence-electron chi connectivity index (χ0n) is 16.7. The van der Waals surface area contributed by atoms with Crippen molar-refractivity contribution in [2.75, 3.05) is 46.9 Å². The van der Waals surface area contributed by atoms with Crippen LogP contribution in [0.2, 0.25) is 0 Å². The van der Waals surface area contributed by atoms with Gasteiger partial charge in [0.05, 0.1) is 6.61 Å². The Morgan fingerprint density at radius 2 is 1.89 bits per heavy atom. The lowest BCUT2D eigenvalue weighted by atomic mass is 10.0. The van der Waals surface area contributed by atoms with E-state index in [1.807, 2.05) is 35.2 Å². The first-order chi connectivity index (χ1) is 13.1. The Hall–Kier alpha value is -1.92. The Balaban J connectivity index is 1.73. The smallest absolute Gasteiger partial charge is 0.223 e. The molecule has 0 atom stereocenters. The van der Waals surface area contributed by atoms with Crippen molar-refractivity contribution in [1.82, 2.24) is 15.1 Å². The Morgan fingerprint density at radius 3 is 2.56 bits per heavy atom. The number of amides is 2. The molecule has 2 amide bonds. The number of nitrogens with one attached hydrogen (secondary N) is 1. The van der Waals surface area contributed by atoms with Gasteiger partial charge in [0.15, 0.2) is 0 Å². The number of hydrogen-bond donors (Lipinski definition) is 1. The molecule has 1 heterocycles. The first kappa shape index (κ1) is 21.4. The van der Waals surface area contributed by atoms with E-state index in [2.05, 4.69) is 17.3 Å². The summed E-state index contributed by atoms with van der Waals surface area (Å²) in [4.78, 5) is 29.0. The standard InChI is InChI=1S/C21H33N3O3/c1-23-14-11-19(12-15-23)24(16-17-27-2)21(26)9-8-20(25)22-13-10-18-6-4-3-5-7-18/h3-7,19H,8-17H2,1-2H3,(H,22,25). The first-order valence-corrected chi connectivity index (χ1v) is 9.87. The second kappa shape index (κ2) is 11.7. The van der Waals surface area contributed by atoms with Gasteiger partial charge in [-0.15, -0.1) is 0 Å². The van der Waals surface area contributed by atoms with Gasteiger partial charge in [-0.25, -0.2) is 0 Å². The molecule has 1 N–H and O–H groups in total. The number of nitrogens with zero attached hydrogens (tertiary/aromatic N) is 2. The third-order valence-electron chi connectivity index (χ3n) is 5.13. The topological polar surface area (TPSA) is 61.9 Å². The molecule has 0 unspecified atom stereocenters. The van der Waals surface area contributed by atoms with E-state index in [0.29, 0.717) is 19.7 Å². The predicted molar refractivity (Wildman–Crippen MR) is 106 cm³/mol. The van der Waals surface area contributed by atoms with Crippen LogP contribution in [0.5, 0.6) is 0 Å². The highest BCUT2D eigenvalue weighted by molar-refractivity contribution is 5.84. The SMILES string of the molecule is COCCN(C(=O)CCC(=O)NCCc1ccccc1)C1CCN(C)CC1. The first-order valence-electron chi connectivity index (χ1n) is 9.87. The molecule has 0 bridgehead atoms. The van der Waals surface area contributed by atoms with E-state index in [1.54, 1.807) is 7.11 Å². The van der Waals surface area contributed by atoms with Crippen molar-refractivity contribution >= 4 is 11.8 Å². The average molecular weight is 376 g/mol. The highest BCUT2D eigenvalue weighted by atomic mass is 16.5. The van der Waals surface area contributed by atoms with Crippen molar-refractivity contribution in [2.24, 2.45) is 0 Å². The predicted octanol–water partition coefficient (Wildman–Crippen LogP) is 1.69. The van der Waals surface area contributed by atoms with Crippen LogP contribution in [0, 0.1) is 0 Å². The van der Waals surface area contributed by atoms with Crippen molar-refractivity contribution in [1.29, 1.82) is 0 Å². The minimum Gasteiger partial charge on any atom is -0.383 e. The number of likely N-dealkylation sites (tertiary alicyclic amines) is 1. The molecule has 1 saturated heterocycles. The number of carbonyl (C=O) groups is 2. The van der Waals surface area contributed by atoms with Crippen LogP contribution in [0.4, 0.5) is 0 Å². The van der Waals surface area contributed by atoms with E-state index in [1.165, 1.54) is 5.56 Å². The van der Waals surface area contributed by atoms with Crippen molar-refractivity contribution in [3.8, 4) is 0 Å². The number of rotatable bonds is 10. The summed E-state index contributed by atoms with van der Waals surface area (Å²) in [6.07, 6.45) is 3.26. The molecular weight excluding hydrogens is 342 g/mol. The van der Waals surface area contributed by atoms with Gasteiger partial charge in [0.2, 0.25) is 11.8 Å². The lowest BCUT2D eigenvalue weighted by Gasteiger charge is -2.37. The molecule has 1 aromatic rings. The molecule has 1 fully saturated rings. The normalized spacial score (nSPS) is 15.5. The second-order valence-electron chi connectivity index (χ2n) is 7.20. The number of ether oxygens (including phenoxy) is 1. The third kappa shape index (κ3) is 7.69. The van der Waals surface area contributed by atoms with E-state index < -0.39 is 0 Å². The lowest BCUT2D eigenvalue weighted by molar-refractivity contribution is -0.137. The molecule has 6 nitrogen and oxygen atoms in total. The van der Waals surface area contributed by atoms with Crippen LogP contribution in [-0.4, -0.2) is 74.6 Å². The quantitative estimate of drug-likeness (QED) is 0.676. The molecule has 0 saturated carbocycles. The number of carbonyl (C=O) groups excluding carboxylic acids is 2. The minimum atomic E-state index is -0.0608. The minimum absolute atomic E-state index is 0.0554. The Labute approximate surface area is 162 Å². The van der Waals surface area contributed by atoms with E-state index in [4.69, 9.17) is 4.74 Å². The summed E-state index contributed by atoms with van der Waals surface area (Å²) in [7, 11) is 3.76. The highest BCUT2D eigenvalue weighted by Gasteiger charge is 2.26. The molecule has 1 aromatic carbocycles. The van der Waals surface area contributed by atoms with Gasteiger partial charge in [-0.2, -0.15) is 0 Å². The number of piperidine rings is 1. The average Bonchev–Trinajstić information content (AvgIpc) is 2.69. The summed E-state index contributed by atoms with van der Waals surface area (Å²) in [5.74, 6) is -0.00541. The zero-order valence-corrected chi connectivity index (χ0v) is 16.7. The van der Waals surface area contributed by atoms with E-state index in [0.717, 1.165) is 32.4 Å². The van der Waals surface area contributed by atoms with Gasteiger partial charge >= 0.3 is 0 Å². The van der Waals surface area contributed by atoms with Crippen LogP contribution < -0.4 is 5.32 Å². The number of benzene rings is 1. The molecule has 6 heteroatoms. The van der Waals surface area contributed by atoms with Gasteiger partial charge in [-0.05, 0) is 45.0 Å². The fraction of sp³-hybridized carbons (Fsp3) is 0.619. The molecule has 0 aliphatic carbocycles. The molecule has 1 aliphatic rings. The third-order valence-corrected chi connectivity index (χ3v) is 5.13. The van der Waals surface area contributed by atoms with Crippen molar-refractivity contribution < 1.29 is 14.3 Å². The van der Waals surface area contributed by atoms with E-state index in [-0.39, 0.29) is 30.7 Å². The molecule has 0 spiro atoms. The largest absolute Gasteiger partial charge is 0.383 e. The monoisotopic (exact) mass is 375 g/mol. The molecule has 2 rings (SSSR count). The van der Waals surface area contributed by atoms with E-state index >= 15 is 0 Å². The number of methoxy groups -OCH3 is 1. The van der Waals surface area contributed by atoms with Gasteiger partial charge in [0, 0.05) is 39.1 Å². The summed E-state index contributed by atoms with van der Waals surface area (Å²) in [5.41, 5.74) is 1.20. The molecule has 27 heavy (non-hydrogen) atoms. The van der Waals surface area contributed by atoms with Crippen molar-refractivity contribution in [2.45, 2.75) is 38.1 Å². The summed E-state index contributed by atoms with van der Waals surface area (Å²) >= 11 is 0. The maximum atomic E-state index is 12.7. The van der Waals surface area contributed by atoms with Crippen molar-refractivity contribution in [3.05, 3.63) is 35.9 Å². The van der Waals surface area contributed by atoms with Gasteiger partial charge < -0.3 is 19.9 Å². The van der Waals surface area contributed by atoms with Gasteiger partial charge in [-0.1, -0.05) is 30.3 Å². The van der Waals surface area contributed by atoms with Crippen LogP contribution in [0.15, 0.2) is 30.3 Å². The lowest BCUT2D eigenvalue weighted by Crippen LogP contribution is -2.48. The van der Waals surface area contributed by atoms with Gasteiger partial charge in [-0.3, -0.25) is 9.59 Å². The van der Waals surface area contributed by atoms with E-state index in [9.17, 15) is 9.59 Å². The van der Waals surface area contributed by atoms with Gasteiger partial charge in [0.25, 0.3) is 0 Å². The summed E-state index contributed by atoms with van der Waals surface area (Å²) in [6, 6.07) is 10.3.